The van der Waals surface area contributed by atoms with E-state index < -0.39 is 45.3 Å². The molecule has 1 N–H and O–H groups in total. The quantitative estimate of drug-likeness (QED) is 0.477. The van der Waals surface area contributed by atoms with Gasteiger partial charge in [-0.25, -0.2) is 8.42 Å². The second-order valence-electron chi connectivity index (χ2n) is 7.79. The standard InChI is InChI=1S/C24H20ClF3N2O5S/c25-20-11-10-16(12-19(20)24(26,27)28)30(36(32,33)18-6-2-1-3-7-18)14-23(31)29-13-17-15-34-21-8-4-5-9-22(21)35-17/h1-12,17H,13-15H2,(H,29,31). The van der Waals surface area contributed by atoms with Gasteiger partial charge in [0.1, 0.15) is 19.3 Å². The third kappa shape index (κ3) is 5.68. The molecule has 0 fully saturated rings. The van der Waals surface area contributed by atoms with E-state index in [4.69, 9.17) is 21.1 Å². The van der Waals surface area contributed by atoms with Gasteiger partial charge in [0.05, 0.1) is 27.7 Å². The number of carbonyl (C=O) groups is 1. The maximum absolute atomic E-state index is 13.4. The van der Waals surface area contributed by atoms with Gasteiger partial charge in [-0.1, -0.05) is 41.9 Å². The van der Waals surface area contributed by atoms with Gasteiger partial charge in [0.25, 0.3) is 10.0 Å². The number of alkyl halides is 3. The summed E-state index contributed by atoms with van der Waals surface area (Å²) in [4.78, 5) is 12.6. The number of hydrogen-bond acceptors (Lipinski definition) is 5. The zero-order valence-corrected chi connectivity index (χ0v) is 20.1. The Morgan fingerprint density at radius 3 is 2.39 bits per heavy atom. The van der Waals surface area contributed by atoms with Crippen molar-refractivity contribution in [2.45, 2.75) is 17.2 Å². The Hall–Kier alpha value is -3.44. The first-order chi connectivity index (χ1) is 17.1. The summed E-state index contributed by atoms with van der Waals surface area (Å²) in [5, 5.41) is 1.97. The highest BCUT2D eigenvalue weighted by Gasteiger charge is 2.35. The second kappa shape index (κ2) is 10.3. The first-order valence-corrected chi connectivity index (χ1v) is 12.5. The molecule has 0 radical (unpaired) electrons. The number of hydrogen-bond donors (Lipinski definition) is 1. The number of nitrogens with one attached hydrogen (secondary N) is 1. The molecule has 7 nitrogen and oxygen atoms in total. The lowest BCUT2D eigenvalue weighted by Gasteiger charge is -2.28. The molecule has 1 unspecified atom stereocenters. The molecular weight excluding hydrogens is 521 g/mol. The van der Waals surface area contributed by atoms with Crippen LogP contribution < -0.4 is 19.1 Å². The third-order valence-electron chi connectivity index (χ3n) is 5.26. The average Bonchev–Trinajstić information content (AvgIpc) is 2.86. The van der Waals surface area contributed by atoms with E-state index in [0.29, 0.717) is 21.9 Å². The number of halogens is 4. The molecule has 0 aromatic heterocycles. The molecule has 0 bridgehead atoms. The lowest BCUT2D eigenvalue weighted by Crippen LogP contribution is -2.45. The van der Waals surface area contributed by atoms with Crippen molar-refractivity contribution in [3.8, 4) is 11.5 Å². The normalized spacial score (nSPS) is 15.3. The fraction of sp³-hybridized carbons (Fsp3) is 0.208. The molecule has 1 aliphatic rings. The highest BCUT2D eigenvalue weighted by molar-refractivity contribution is 7.92. The number of nitrogens with zero attached hydrogens (tertiary/aromatic N) is 1. The van der Waals surface area contributed by atoms with Gasteiger partial charge >= 0.3 is 6.18 Å². The number of amides is 1. The zero-order chi connectivity index (χ0) is 25.9. The lowest BCUT2D eigenvalue weighted by atomic mass is 10.2. The van der Waals surface area contributed by atoms with Gasteiger partial charge in [-0.05, 0) is 42.5 Å². The van der Waals surface area contributed by atoms with Crippen molar-refractivity contribution >= 4 is 33.2 Å². The van der Waals surface area contributed by atoms with Crippen molar-refractivity contribution in [2.24, 2.45) is 0 Å². The van der Waals surface area contributed by atoms with E-state index >= 15 is 0 Å². The molecule has 190 valence electrons. The smallest absolute Gasteiger partial charge is 0.417 e. The summed E-state index contributed by atoms with van der Waals surface area (Å²) in [6.07, 6.45) is -5.37. The van der Waals surface area contributed by atoms with Crippen LogP contribution in [0.25, 0.3) is 0 Å². The van der Waals surface area contributed by atoms with Crippen LogP contribution in [-0.2, 0) is 21.0 Å². The minimum Gasteiger partial charge on any atom is -0.486 e. The van der Waals surface area contributed by atoms with Gasteiger partial charge in [0.15, 0.2) is 11.5 Å². The van der Waals surface area contributed by atoms with E-state index in [9.17, 15) is 26.4 Å². The Labute approximate surface area is 210 Å². The highest BCUT2D eigenvalue weighted by Crippen LogP contribution is 2.38. The number of anilines is 1. The molecule has 3 aromatic rings. The fourth-order valence-electron chi connectivity index (χ4n) is 3.50. The van der Waals surface area contributed by atoms with Crippen LogP contribution in [-0.4, -0.2) is 40.1 Å². The highest BCUT2D eigenvalue weighted by atomic mass is 35.5. The first-order valence-electron chi connectivity index (χ1n) is 10.7. The maximum Gasteiger partial charge on any atom is 0.417 e. The van der Waals surface area contributed by atoms with E-state index in [-0.39, 0.29) is 23.7 Å². The van der Waals surface area contributed by atoms with E-state index in [1.807, 2.05) is 0 Å². The van der Waals surface area contributed by atoms with Gasteiger partial charge in [-0.15, -0.1) is 0 Å². The number of fused-ring (bicyclic) bond motifs is 1. The summed E-state index contributed by atoms with van der Waals surface area (Å²) < 4.78 is 79.0. The molecule has 0 aliphatic carbocycles. The summed E-state index contributed by atoms with van der Waals surface area (Å²) in [7, 11) is -4.40. The molecule has 0 saturated carbocycles. The average molecular weight is 541 g/mol. The van der Waals surface area contributed by atoms with Crippen molar-refractivity contribution in [1.82, 2.24) is 5.32 Å². The number of carbonyl (C=O) groups excluding carboxylic acids is 1. The SMILES string of the molecule is O=C(CN(c1ccc(Cl)c(C(F)(F)F)c1)S(=O)(=O)c1ccccc1)NCC1COc2ccccc2O1. The third-order valence-corrected chi connectivity index (χ3v) is 7.37. The predicted molar refractivity (Wildman–Crippen MR) is 127 cm³/mol. The van der Waals surface area contributed by atoms with Gasteiger partial charge in [0, 0.05) is 0 Å². The summed E-state index contributed by atoms with van der Waals surface area (Å²) in [5.41, 5.74) is -1.58. The van der Waals surface area contributed by atoms with Crippen LogP contribution in [0.5, 0.6) is 11.5 Å². The summed E-state index contributed by atoms with van der Waals surface area (Å²) >= 11 is 5.70. The number of benzene rings is 3. The molecule has 1 atom stereocenters. The molecule has 12 heteroatoms. The van der Waals surface area contributed by atoms with Crippen LogP contribution in [0.15, 0.2) is 77.7 Å². The van der Waals surface area contributed by atoms with Crippen LogP contribution in [0.2, 0.25) is 5.02 Å². The molecule has 0 spiro atoms. The molecule has 1 aliphatic heterocycles. The topological polar surface area (TPSA) is 84.9 Å². The van der Waals surface area contributed by atoms with Gasteiger partial charge in [-0.2, -0.15) is 13.2 Å². The Bertz CT molecular complexity index is 1350. The molecule has 1 amide bonds. The van der Waals surface area contributed by atoms with Crippen molar-refractivity contribution < 1.29 is 35.9 Å². The Balaban J connectivity index is 1.56. The van der Waals surface area contributed by atoms with E-state index in [1.165, 1.54) is 24.3 Å². The van der Waals surface area contributed by atoms with E-state index in [0.717, 1.165) is 12.1 Å². The monoisotopic (exact) mass is 540 g/mol. The van der Waals surface area contributed by atoms with Crippen LogP contribution in [0.1, 0.15) is 5.56 Å². The number of ether oxygens (including phenoxy) is 2. The van der Waals surface area contributed by atoms with Crippen LogP contribution in [0, 0.1) is 0 Å². The fourth-order valence-corrected chi connectivity index (χ4v) is 5.16. The summed E-state index contributed by atoms with van der Waals surface area (Å²) in [6, 6.07) is 16.7. The van der Waals surface area contributed by atoms with Gasteiger partial charge < -0.3 is 14.8 Å². The molecule has 0 saturated heterocycles. The van der Waals surface area contributed by atoms with Gasteiger partial charge in [0.2, 0.25) is 5.91 Å². The van der Waals surface area contributed by atoms with Crippen molar-refractivity contribution in [2.75, 3.05) is 24.0 Å². The minimum atomic E-state index is -4.83. The maximum atomic E-state index is 13.4. The summed E-state index contributed by atoms with van der Waals surface area (Å²) in [6.45, 7) is -0.642. The van der Waals surface area contributed by atoms with Crippen molar-refractivity contribution in [1.29, 1.82) is 0 Å². The zero-order valence-electron chi connectivity index (χ0n) is 18.5. The Morgan fingerprint density at radius 1 is 1.03 bits per heavy atom. The molecular formula is C24H20ClF3N2O5S. The predicted octanol–water partition coefficient (Wildman–Crippen LogP) is 4.51. The van der Waals surface area contributed by atoms with Crippen LogP contribution in [0.3, 0.4) is 0 Å². The second-order valence-corrected chi connectivity index (χ2v) is 10.1. The first kappa shape index (κ1) is 25.6. The number of para-hydroxylation sites is 2. The van der Waals surface area contributed by atoms with Crippen molar-refractivity contribution in [3.63, 3.8) is 0 Å². The lowest BCUT2D eigenvalue weighted by molar-refractivity contribution is -0.137. The van der Waals surface area contributed by atoms with E-state index in [2.05, 4.69) is 5.32 Å². The molecule has 1 heterocycles. The number of sulfonamides is 1. The minimum absolute atomic E-state index is 0.0131. The largest absolute Gasteiger partial charge is 0.486 e. The summed E-state index contributed by atoms with van der Waals surface area (Å²) in [5.74, 6) is 0.306. The molecule has 4 rings (SSSR count). The van der Waals surface area contributed by atoms with E-state index in [1.54, 1.807) is 30.3 Å². The Kier molecular flexibility index (Phi) is 7.32. The van der Waals surface area contributed by atoms with Crippen LogP contribution in [0.4, 0.5) is 18.9 Å². The molecule has 36 heavy (non-hydrogen) atoms. The molecule has 3 aromatic carbocycles. The van der Waals surface area contributed by atoms with Crippen molar-refractivity contribution in [3.05, 3.63) is 83.4 Å². The Morgan fingerprint density at radius 2 is 1.69 bits per heavy atom. The van der Waals surface area contributed by atoms with Gasteiger partial charge in [-0.3, -0.25) is 9.10 Å². The van der Waals surface area contributed by atoms with Crippen LogP contribution >= 0.6 is 11.6 Å². The number of rotatable bonds is 7.